The molecule has 3 aromatic rings. The zero-order chi connectivity index (χ0) is 24.5. The van der Waals surface area contributed by atoms with E-state index in [9.17, 15) is 13.6 Å². The van der Waals surface area contributed by atoms with E-state index in [1.165, 1.54) is 0 Å². The molecule has 9 nitrogen and oxygen atoms in total. The molecule has 0 bridgehead atoms. The van der Waals surface area contributed by atoms with Gasteiger partial charge in [0.2, 0.25) is 17.8 Å². The molecular weight excluding hydrogens is 480 g/mol. The van der Waals surface area contributed by atoms with E-state index < -0.39 is 11.6 Å². The number of anilines is 3. The molecule has 2 aliphatic rings. The summed E-state index contributed by atoms with van der Waals surface area (Å²) in [6, 6.07) is 1.83. The highest BCUT2D eigenvalue weighted by Crippen LogP contribution is 2.38. The summed E-state index contributed by atoms with van der Waals surface area (Å²) in [6.45, 7) is 1.32. The van der Waals surface area contributed by atoms with Crippen LogP contribution in [-0.2, 0) is 9.53 Å². The summed E-state index contributed by atoms with van der Waals surface area (Å²) in [5.74, 6) is -1.35. The van der Waals surface area contributed by atoms with Gasteiger partial charge in [-0.15, -0.1) is 0 Å². The molecular formula is C23H26ClF2N7O2. The molecule has 4 N–H and O–H groups in total. The lowest BCUT2D eigenvalue weighted by Crippen LogP contribution is -2.31. The minimum Gasteiger partial charge on any atom is -0.379 e. The lowest BCUT2D eigenvalue weighted by atomic mass is 9.85. The third-order valence-electron chi connectivity index (χ3n) is 6.63. The van der Waals surface area contributed by atoms with Gasteiger partial charge in [-0.05, 0) is 44.6 Å². The monoisotopic (exact) mass is 505 g/mol. The number of benzene rings is 1. The Kier molecular flexibility index (Phi) is 6.70. The number of hydrogen-bond donors (Lipinski definition) is 3. The van der Waals surface area contributed by atoms with E-state index in [-0.39, 0.29) is 34.6 Å². The number of amides is 1. The smallest absolute Gasteiger partial charge is 0.225 e. The van der Waals surface area contributed by atoms with Crippen LogP contribution in [0.4, 0.5) is 26.4 Å². The van der Waals surface area contributed by atoms with Gasteiger partial charge in [0.25, 0.3) is 0 Å². The molecule has 3 heterocycles. The Balaban J connectivity index is 1.52. The molecule has 12 heteroatoms. The van der Waals surface area contributed by atoms with Crippen molar-refractivity contribution in [3.63, 3.8) is 0 Å². The molecule has 1 saturated carbocycles. The number of primary amides is 1. The number of carbonyl (C=O) groups excluding carboxylic acids is 1. The normalized spacial score (nSPS) is 22.8. The lowest BCUT2D eigenvalue weighted by Gasteiger charge is -2.29. The van der Waals surface area contributed by atoms with Gasteiger partial charge in [0.15, 0.2) is 11.5 Å². The number of nitrogens with two attached hydrogens (primary N) is 1. The molecule has 1 aromatic carbocycles. The second kappa shape index (κ2) is 9.90. The Bertz CT molecular complexity index is 1220. The van der Waals surface area contributed by atoms with Crippen LogP contribution in [0.1, 0.15) is 44.6 Å². The van der Waals surface area contributed by atoms with Crippen molar-refractivity contribution in [3.05, 3.63) is 35.0 Å². The SMILES string of the molecule is NC(=O)[C@H]1CC[C@H](n2c(Nc3c(F)cc(F)cc3Cl)nc3cnc(N[C@H]4CCCOC4)nc32)CC1. The van der Waals surface area contributed by atoms with Gasteiger partial charge in [0, 0.05) is 24.6 Å². The second-order valence-electron chi connectivity index (χ2n) is 9.04. The summed E-state index contributed by atoms with van der Waals surface area (Å²) < 4.78 is 35.6. The molecule has 186 valence electrons. The lowest BCUT2D eigenvalue weighted by molar-refractivity contribution is -0.122. The number of carbonyl (C=O) groups is 1. The minimum atomic E-state index is -0.836. The predicted molar refractivity (Wildman–Crippen MR) is 128 cm³/mol. The van der Waals surface area contributed by atoms with Gasteiger partial charge in [0.05, 0.1) is 29.6 Å². The molecule has 0 spiro atoms. The number of aromatic nitrogens is 4. The van der Waals surface area contributed by atoms with Gasteiger partial charge in [-0.2, -0.15) is 4.98 Å². The first kappa shape index (κ1) is 23.7. The van der Waals surface area contributed by atoms with E-state index in [1.807, 2.05) is 4.57 Å². The summed E-state index contributed by atoms with van der Waals surface area (Å²) in [4.78, 5) is 25.4. The van der Waals surface area contributed by atoms with Crippen LogP contribution in [0.2, 0.25) is 5.02 Å². The maximum atomic E-state index is 14.6. The van der Waals surface area contributed by atoms with Crippen LogP contribution in [-0.4, -0.2) is 44.7 Å². The van der Waals surface area contributed by atoms with Gasteiger partial charge < -0.3 is 21.1 Å². The topological polar surface area (TPSA) is 120 Å². The number of imidazole rings is 1. The highest BCUT2D eigenvalue weighted by molar-refractivity contribution is 6.33. The van der Waals surface area contributed by atoms with Crippen molar-refractivity contribution in [3.8, 4) is 0 Å². The summed E-state index contributed by atoms with van der Waals surface area (Å²) in [6.07, 6.45) is 6.09. The number of ether oxygens (including phenoxy) is 1. The summed E-state index contributed by atoms with van der Waals surface area (Å²) >= 11 is 6.13. The van der Waals surface area contributed by atoms with Crippen molar-refractivity contribution in [2.75, 3.05) is 23.8 Å². The van der Waals surface area contributed by atoms with Crippen molar-refractivity contribution in [2.24, 2.45) is 11.7 Å². The molecule has 1 atom stereocenters. The maximum Gasteiger partial charge on any atom is 0.225 e. The van der Waals surface area contributed by atoms with Crippen LogP contribution in [0.25, 0.3) is 11.2 Å². The van der Waals surface area contributed by atoms with E-state index in [1.54, 1.807) is 6.20 Å². The fraction of sp³-hybridized carbons (Fsp3) is 0.478. The molecule has 2 fully saturated rings. The number of nitrogens with one attached hydrogen (secondary N) is 2. The van der Waals surface area contributed by atoms with Crippen LogP contribution in [0.3, 0.4) is 0 Å². The highest BCUT2D eigenvalue weighted by atomic mass is 35.5. The molecule has 1 amide bonds. The van der Waals surface area contributed by atoms with Crippen molar-refractivity contribution in [1.29, 1.82) is 0 Å². The van der Waals surface area contributed by atoms with E-state index in [2.05, 4.69) is 20.6 Å². The number of nitrogens with zero attached hydrogens (tertiary/aromatic N) is 4. The van der Waals surface area contributed by atoms with Crippen LogP contribution >= 0.6 is 11.6 Å². The third kappa shape index (κ3) is 5.01. The van der Waals surface area contributed by atoms with Crippen LogP contribution in [0.5, 0.6) is 0 Å². The van der Waals surface area contributed by atoms with E-state index in [0.717, 1.165) is 31.6 Å². The molecule has 1 aliphatic heterocycles. The van der Waals surface area contributed by atoms with Gasteiger partial charge in [0.1, 0.15) is 11.3 Å². The van der Waals surface area contributed by atoms with Crippen LogP contribution in [0.15, 0.2) is 18.3 Å². The molecule has 5 rings (SSSR count). The Hall–Kier alpha value is -3.05. The maximum absolute atomic E-state index is 14.6. The van der Waals surface area contributed by atoms with Crippen molar-refractivity contribution in [2.45, 2.75) is 50.6 Å². The average Bonchev–Trinajstić information content (AvgIpc) is 3.19. The molecule has 2 aromatic heterocycles. The molecule has 1 saturated heterocycles. The van der Waals surface area contributed by atoms with Crippen molar-refractivity contribution < 1.29 is 18.3 Å². The van der Waals surface area contributed by atoms with E-state index in [0.29, 0.717) is 55.4 Å². The minimum absolute atomic E-state index is 0.0684. The standard InChI is InChI=1S/C23H26ClF2N7O2/c24-16-8-13(25)9-17(26)19(16)31-23-30-18-10-28-22(29-14-2-1-7-35-11-14)32-21(18)33(23)15-5-3-12(4-6-15)20(27)34/h8-10,12,14-15H,1-7,11H2,(H2,27,34)(H,30,31)(H,28,29,32)/t12-,14-,15-/m0/s1. The highest BCUT2D eigenvalue weighted by Gasteiger charge is 2.29. The number of hydrogen-bond acceptors (Lipinski definition) is 7. The van der Waals surface area contributed by atoms with Crippen molar-refractivity contribution >= 4 is 46.3 Å². The molecule has 0 unspecified atom stereocenters. The van der Waals surface area contributed by atoms with Crippen LogP contribution in [0, 0.1) is 17.6 Å². The Morgan fingerprint density at radius 2 is 1.97 bits per heavy atom. The summed E-state index contributed by atoms with van der Waals surface area (Å²) in [7, 11) is 0. The number of fused-ring (bicyclic) bond motifs is 1. The predicted octanol–water partition coefficient (Wildman–Crippen LogP) is 4.31. The van der Waals surface area contributed by atoms with Gasteiger partial charge in [-0.3, -0.25) is 9.36 Å². The summed E-state index contributed by atoms with van der Waals surface area (Å²) in [5.41, 5.74) is 6.50. The number of rotatable bonds is 6. The van der Waals surface area contributed by atoms with E-state index in [4.69, 9.17) is 27.1 Å². The molecule has 0 radical (unpaired) electrons. The fourth-order valence-corrected chi connectivity index (χ4v) is 5.07. The first-order valence-corrected chi connectivity index (χ1v) is 12.1. The van der Waals surface area contributed by atoms with E-state index >= 15 is 0 Å². The largest absolute Gasteiger partial charge is 0.379 e. The fourth-order valence-electron chi connectivity index (χ4n) is 4.82. The van der Waals surface area contributed by atoms with Gasteiger partial charge in [-0.1, -0.05) is 11.6 Å². The quantitative estimate of drug-likeness (QED) is 0.456. The Morgan fingerprint density at radius 1 is 1.17 bits per heavy atom. The van der Waals surface area contributed by atoms with Crippen LogP contribution < -0.4 is 16.4 Å². The number of halogens is 3. The first-order chi connectivity index (χ1) is 16.9. The molecule has 1 aliphatic carbocycles. The van der Waals surface area contributed by atoms with Crippen molar-refractivity contribution in [1.82, 2.24) is 19.5 Å². The Labute approximate surface area is 205 Å². The Morgan fingerprint density at radius 3 is 2.66 bits per heavy atom. The second-order valence-corrected chi connectivity index (χ2v) is 9.45. The average molecular weight is 506 g/mol. The zero-order valence-corrected chi connectivity index (χ0v) is 19.7. The summed E-state index contributed by atoms with van der Waals surface area (Å²) in [5, 5.41) is 6.14. The van der Waals surface area contributed by atoms with Gasteiger partial charge in [-0.25, -0.2) is 18.7 Å². The zero-order valence-electron chi connectivity index (χ0n) is 18.9. The molecule has 35 heavy (non-hydrogen) atoms. The van der Waals surface area contributed by atoms with Gasteiger partial charge >= 0.3 is 0 Å². The third-order valence-corrected chi connectivity index (χ3v) is 6.93. The first-order valence-electron chi connectivity index (χ1n) is 11.7.